The van der Waals surface area contributed by atoms with Gasteiger partial charge in [0, 0.05) is 0 Å². The molecule has 0 unspecified atom stereocenters. The average molecular weight is 272 g/mol. The predicted molar refractivity (Wildman–Crippen MR) is 89.4 cm³/mol. The lowest BCUT2D eigenvalue weighted by Gasteiger charge is -2.08. The second-order valence-electron chi connectivity index (χ2n) is 4.03. The molecule has 110 valence electrons. The normalized spacial score (nSPS) is 8.70. The number of rotatable bonds is 3. The number of benzene rings is 2. The van der Waals surface area contributed by atoms with Crippen molar-refractivity contribution < 1.29 is 4.74 Å². The van der Waals surface area contributed by atoms with Crippen molar-refractivity contribution >= 4 is 0 Å². The van der Waals surface area contributed by atoms with Crippen LogP contribution in [-0.4, -0.2) is 0 Å². The first-order valence-electron chi connectivity index (χ1n) is 7.50. The summed E-state index contributed by atoms with van der Waals surface area (Å²) in [6.07, 6.45) is 0. The van der Waals surface area contributed by atoms with Crippen LogP contribution < -0.4 is 4.74 Å². The third kappa shape index (κ3) is 6.42. The molecular formula is C19H28O. The molecule has 0 saturated heterocycles. The Morgan fingerprint density at radius 2 is 1.30 bits per heavy atom. The van der Waals surface area contributed by atoms with Gasteiger partial charge in [0.25, 0.3) is 0 Å². The largest absolute Gasteiger partial charge is 0.489 e. The van der Waals surface area contributed by atoms with Gasteiger partial charge in [-0.2, -0.15) is 0 Å². The molecule has 0 aliphatic heterocycles. The Labute approximate surface area is 124 Å². The van der Waals surface area contributed by atoms with E-state index in [1.165, 1.54) is 16.7 Å². The van der Waals surface area contributed by atoms with Gasteiger partial charge >= 0.3 is 0 Å². The van der Waals surface area contributed by atoms with Crippen LogP contribution in [0.15, 0.2) is 48.5 Å². The van der Waals surface area contributed by atoms with E-state index in [1.807, 2.05) is 52.0 Å². The quantitative estimate of drug-likeness (QED) is 0.672. The maximum absolute atomic E-state index is 5.73. The molecular weight excluding hydrogens is 244 g/mol. The lowest BCUT2D eigenvalue weighted by molar-refractivity contribution is 0.305. The molecule has 0 saturated carbocycles. The smallest absolute Gasteiger partial charge is 0.119 e. The Morgan fingerprint density at radius 3 is 1.85 bits per heavy atom. The second kappa shape index (κ2) is 11.1. The highest BCUT2D eigenvalue weighted by Gasteiger charge is 1.98. The van der Waals surface area contributed by atoms with Gasteiger partial charge in [0.15, 0.2) is 0 Å². The van der Waals surface area contributed by atoms with Crippen molar-refractivity contribution in [1.29, 1.82) is 0 Å². The highest BCUT2D eigenvalue weighted by Crippen LogP contribution is 2.15. The molecule has 0 amide bonds. The Balaban J connectivity index is 0.000000829. The molecule has 0 aliphatic rings. The summed E-state index contributed by atoms with van der Waals surface area (Å²) in [5.74, 6) is 0.925. The van der Waals surface area contributed by atoms with E-state index in [9.17, 15) is 0 Å². The number of hydrogen-bond acceptors (Lipinski definition) is 1. The molecule has 1 heteroatoms. The topological polar surface area (TPSA) is 9.23 Å². The van der Waals surface area contributed by atoms with Crippen molar-refractivity contribution in [2.24, 2.45) is 0 Å². The van der Waals surface area contributed by atoms with Crippen molar-refractivity contribution in [3.63, 3.8) is 0 Å². The van der Waals surface area contributed by atoms with Crippen LogP contribution in [0.25, 0.3) is 0 Å². The van der Waals surface area contributed by atoms with Gasteiger partial charge in [0.2, 0.25) is 0 Å². The van der Waals surface area contributed by atoms with Crippen LogP contribution in [0.1, 0.15) is 44.4 Å². The molecule has 0 spiro atoms. The molecule has 0 aromatic heterocycles. The summed E-state index contributed by atoms with van der Waals surface area (Å²) in [7, 11) is 0. The van der Waals surface area contributed by atoms with Crippen LogP contribution in [0.5, 0.6) is 5.75 Å². The minimum atomic E-state index is 0.635. The molecule has 0 bridgehead atoms. The maximum atomic E-state index is 5.73. The Kier molecular flexibility index (Phi) is 10.1. The highest BCUT2D eigenvalue weighted by atomic mass is 16.5. The van der Waals surface area contributed by atoms with Gasteiger partial charge in [-0.25, -0.2) is 0 Å². The van der Waals surface area contributed by atoms with Gasteiger partial charge in [0.1, 0.15) is 12.4 Å². The van der Waals surface area contributed by atoms with Crippen molar-refractivity contribution in [2.75, 3.05) is 0 Å². The number of aryl methyl sites for hydroxylation is 2. The molecule has 0 atom stereocenters. The van der Waals surface area contributed by atoms with E-state index in [4.69, 9.17) is 4.74 Å². The van der Waals surface area contributed by atoms with Gasteiger partial charge in [-0.15, -0.1) is 0 Å². The minimum absolute atomic E-state index is 0.635. The van der Waals surface area contributed by atoms with E-state index < -0.39 is 0 Å². The number of hydrogen-bond donors (Lipinski definition) is 0. The summed E-state index contributed by atoms with van der Waals surface area (Å²) in [4.78, 5) is 0. The van der Waals surface area contributed by atoms with Crippen LogP contribution in [0.3, 0.4) is 0 Å². The number of ether oxygens (including phenoxy) is 1. The van der Waals surface area contributed by atoms with E-state index in [0.29, 0.717) is 6.61 Å². The summed E-state index contributed by atoms with van der Waals surface area (Å²) in [6.45, 7) is 12.8. The molecule has 0 aliphatic carbocycles. The lowest BCUT2D eigenvalue weighted by atomic mass is 10.1. The molecule has 0 heterocycles. The van der Waals surface area contributed by atoms with Crippen LogP contribution in [0.4, 0.5) is 0 Å². The summed E-state index contributed by atoms with van der Waals surface area (Å²) < 4.78 is 5.73. The second-order valence-corrected chi connectivity index (χ2v) is 4.03. The summed E-state index contributed by atoms with van der Waals surface area (Å²) in [5, 5.41) is 0. The molecule has 2 aromatic rings. The molecule has 2 aromatic carbocycles. The summed E-state index contributed by atoms with van der Waals surface area (Å²) >= 11 is 0. The summed E-state index contributed by atoms with van der Waals surface area (Å²) in [5.41, 5.74) is 3.76. The van der Waals surface area contributed by atoms with E-state index in [2.05, 4.69) is 38.1 Å². The van der Waals surface area contributed by atoms with Crippen molar-refractivity contribution in [3.8, 4) is 5.75 Å². The molecule has 0 radical (unpaired) electrons. The van der Waals surface area contributed by atoms with Crippen LogP contribution in [-0.2, 0) is 6.61 Å². The van der Waals surface area contributed by atoms with Gasteiger partial charge in [-0.3, -0.25) is 0 Å². The van der Waals surface area contributed by atoms with Crippen molar-refractivity contribution in [1.82, 2.24) is 0 Å². The fourth-order valence-electron chi connectivity index (χ4n) is 1.57. The van der Waals surface area contributed by atoms with E-state index >= 15 is 0 Å². The monoisotopic (exact) mass is 272 g/mol. The zero-order valence-electron chi connectivity index (χ0n) is 13.7. The van der Waals surface area contributed by atoms with Crippen LogP contribution in [0, 0.1) is 13.8 Å². The zero-order chi connectivity index (χ0) is 15.4. The van der Waals surface area contributed by atoms with Gasteiger partial charge in [-0.05, 0) is 37.1 Å². The first kappa shape index (κ1) is 18.2. The fourth-order valence-corrected chi connectivity index (χ4v) is 1.57. The van der Waals surface area contributed by atoms with Crippen molar-refractivity contribution in [3.05, 3.63) is 65.2 Å². The predicted octanol–water partition coefficient (Wildman–Crippen LogP) is 5.93. The fraction of sp³-hybridized carbons (Fsp3) is 0.368. The molecule has 20 heavy (non-hydrogen) atoms. The first-order chi connectivity index (χ1) is 9.75. The maximum Gasteiger partial charge on any atom is 0.119 e. The Hall–Kier alpha value is -1.76. The van der Waals surface area contributed by atoms with Gasteiger partial charge in [-0.1, -0.05) is 69.7 Å². The van der Waals surface area contributed by atoms with Crippen molar-refractivity contribution in [2.45, 2.75) is 48.1 Å². The molecule has 2 rings (SSSR count). The van der Waals surface area contributed by atoms with Gasteiger partial charge in [0.05, 0.1) is 0 Å². The van der Waals surface area contributed by atoms with E-state index in [1.54, 1.807) is 0 Å². The standard InChI is InChI=1S/C15H16O.2C2H6/c1-12-7-9-15(10-8-12)16-11-14-6-4-3-5-13(14)2;2*1-2/h3-10H,11H2,1-2H3;2*1-2H3. The van der Waals surface area contributed by atoms with Crippen LogP contribution in [0.2, 0.25) is 0 Å². The Morgan fingerprint density at radius 1 is 0.750 bits per heavy atom. The third-order valence-electron chi connectivity index (χ3n) is 2.68. The summed E-state index contributed by atoms with van der Waals surface area (Å²) in [6, 6.07) is 16.4. The van der Waals surface area contributed by atoms with Gasteiger partial charge < -0.3 is 4.74 Å². The SMILES string of the molecule is CC.CC.Cc1ccc(OCc2ccccc2C)cc1. The highest BCUT2D eigenvalue weighted by molar-refractivity contribution is 5.28. The first-order valence-corrected chi connectivity index (χ1v) is 7.50. The molecule has 1 nitrogen and oxygen atoms in total. The minimum Gasteiger partial charge on any atom is -0.489 e. The Bertz CT molecular complexity index is 457. The molecule has 0 N–H and O–H groups in total. The molecule has 0 fully saturated rings. The van der Waals surface area contributed by atoms with Crippen LogP contribution >= 0.6 is 0 Å². The third-order valence-corrected chi connectivity index (χ3v) is 2.68. The zero-order valence-corrected chi connectivity index (χ0v) is 13.7. The van der Waals surface area contributed by atoms with E-state index in [0.717, 1.165) is 5.75 Å². The lowest BCUT2D eigenvalue weighted by Crippen LogP contribution is -1.97. The average Bonchev–Trinajstić information content (AvgIpc) is 2.52. The van der Waals surface area contributed by atoms with E-state index in [-0.39, 0.29) is 0 Å².